The molecule has 2 rings (SSSR count). The summed E-state index contributed by atoms with van der Waals surface area (Å²) in [5, 5.41) is 2.68. The Morgan fingerprint density at radius 1 is 0.850 bits per heavy atom. The van der Waals surface area contributed by atoms with Crippen LogP contribution in [0.15, 0.2) is 54.6 Å². The van der Waals surface area contributed by atoms with Gasteiger partial charge in [0, 0.05) is 29.8 Å². The van der Waals surface area contributed by atoms with Gasteiger partial charge in [-0.25, -0.2) is 0 Å². The number of nitrogens with one attached hydrogen (secondary N) is 1. The molecule has 0 aliphatic rings. The molecule has 102 valence electrons. The summed E-state index contributed by atoms with van der Waals surface area (Å²) in [7, 11) is 0. The first-order valence-corrected chi connectivity index (χ1v) is 6.40. The van der Waals surface area contributed by atoms with Crippen molar-refractivity contribution in [1.29, 1.82) is 0 Å². The molecule has 0 atom stereocenters. The van der Waals surface area contributed by atoms with E-state index in [1.54, 1.807) is 36.4 Å². The summed E-state index contributed by atoms with van der Waals surface area (Å²) in [6, 6.07) is 15.6. The van der Waals surface area contributed by atoms with Gasteiger partial charge < -0.3 is 11.1 Å². The molecule has 0 aromatic heterocycles. The Morgan fingerprint density at radius 2 is 1.40 bits per heavy atom. The van der Waals surface area contributed by atoms with E-state index in [1.807, 2.05) is 18.2 Å². The van der Waals surface area contributed by atoms with Gasteiger partial charge in [0.25, 0.3) is 5.91 Å². The van der Waals surface area contributed by atoms with Crippen LogP contribution in [-0.4, -0.2) is 24.8 Å². The standard InChI is InChI=1S/C16H16N2O2/c17-10-11-18-16(20)14-8-6-13(7-9-14)15(19)12-4-2-1-3-5-12/h1-9H,10-11,17H2,(H,18,20). The van der Waals surface area contributed by atoms with Gasteiger partial charge in [-0.15, -0.1) is 0 Å². The largest absolute Gasteiger partial charge is 0.351 e. The highest BCUT2D eigenvalue weighted by Gasteiger charge is 2.10. The van der Waals surface area contributed by atoms with Crippen molar-refractivity contribution in [3.8, 4) is 0 Å². The van der Waals surface area contributed by atoms with Crippen LogP contribution in [0.3, 0.4) is 0 Å². The maximum Gasteiger partial charge on any atom is 0.251 e. The number of carbonyl (C=O) groups excluding carboxylic acids is 2. The Hall–Kier alpha value is -2.46. The lowest BCUT2D eigenvalue weighted by atomic mass is 10.0. The van der Waals surface area contributed by atoms with Crippen molar-refractivity contribution in [1.82, 2.24) is 5.32 Å². The van der Waals surface area contributed by atoms with Gasteiger partial charge >= 0.3 is 0 Å². The summed E-state index contributed by atoms with van der Waals surface area (Å²) in [6.45, 7) is 0.833. The van der Waals surface area contributed by atoms with E-state index < -0.39 is 0 Å². The minimum atomic E-state index is -0.186. The zero-order valence-corrected chi connectivity index (χ0v) is 11.0. The third kappa shape index (κ3) is 3.30. The van der Waals surface area contributed by atoms with Crippen LogP contribution in [0.4, 0.5) is 0 Å². The van der Waals surface area contributed by atoms with Gasteiger partial charge in [-0.2, -0.15) is 0 Å². The van der Waals surface area contributed by atoms with Crippen LogP contribution in [-0.2, 0) is 0 Å². The van der Waals surface area contributed by atoms with Crippen molar-refractivity contribution in [2.75, 3.05) is 13.1 Å². The van der Waals surface area contributed by atoms with Gasteiger partial charge in [0.05, 0.1) is 0 Å². The average molecular weight is 268 g/mol. The third-order valence-electron chi connectivity index (χ3n) is 2.88. The van der Waals surface area contributed by atoms with Crippen molar-refractivity contribution in [2.24, 2.45) is 5.73 Å². The third-order valence-corrected chi connectivity index (χ3v) is 2.88. The Balaban J connectivity index is 2.12. The molecular formula is C16H16N2O2. The number of carbonyl (C=O) groups is 2. The smallest absolute Gasteiger partial charge is 0.251 e. The first kappa shape index (κ1) is 14.0. The lowest BCUT2D eigenvalue weighted by Gasteiger charge is -2.05. The van der Waals surface area contributed by atoms with Crippen LogP contribution in [0.25, 0.3) is 0 Å². The van der Waals surface area contributed by atoms with Crippen molar-refractivity contribution in [3.63, 3.8) is 0 Å². The SMILES string of the molecule is NCCNC(=O)c1ccc(C(=O)c2ccccc2)cc1. The van der Waals surface area contributed by atoms with Crippen LogP contribution in [0, 0.1) is 0 Å². The van der Waals surface area contributed by atoms with Crippen LogP contribution in [0.5, 0.6) is 0 Å². The monoisotopic (exact) mass is 268 g/mol. The Bertz CT molecular complexity index is 592. The average Bonchev–Trinajstić information content (AvgIpc) is 2.53. The molecule has 0 fully saturated rings. The summed E-state index contributed by atoms with van der Waals surface area (Å²) in [5.41, 5.74) is 7.03. The van der Waals surface area contributed by atoms with E-state index >= 15 is 0 Å². The molecule has 0 aliphatic carbocycles. The maximum absolute atomic E-state index is 12.2. The van der Waals surface area contributed by atoms with E-state index in [-0.39, 0.29) is 11.7 Å². The van der Waals surface area contributed by atoms with Crippen LogP contribution in [0.2, 0.25) is 0 Å². The fourth-order valence-electron chi connectivity index (χ4n) is 1.82. The molecular weight excluding hydrogens is 252 g/mol. The molecule has 0 saturated heterocycles. The molecule has 0 saturated carbocycles. The maximum atomic E-state index is 12.2. The number of amides is 1. The molecule has 0 unspecified atom stereocenters. The van der Waals surface area contributed by atoms with Gasteiger partial charge in [-0.1, -0.05) is 42.5 Å². The van der Waals surface area contributed by atoms with Crippen LogP contribution < -0.4 is 11.1 Å². The first-order chi connectivity index (χ1) is 9.72. The highest BCUT2D eigenvalue weighted by molar-refractivity contribution is 6.09. The zero-order valence-electron chi connectivity index (χ0n) is 11.0. The Kier molecular flexibility index (Phi) is 4.63. The van der Waals surface area contributed by atoms with Gasteiger partial charge in [0.2, 0.25) is 0 Å². The molecule has 0 radical (unpaired) electrons. The lowest BCUT2D eigenvalue weighted by Crippen LogP contribution is -2.28. The molecule has 0 bridgehead atoms. The van der Waals surface area contributed by atoms with Crippen molar-refractivity contribution in [3.05, 3.63) is 71.3 Å². The number of nitrogens with two attached hydrogens (primary N) is 1. The van der Waals surface area contributed by atoms with Crippen LogP contribution >= 0.6 is 0 Å². The number of hydrogen-bond donors (Lipinski definition) is 2. The van der Waals surface area contributed by atoms with E-state index in [9.17, 15) is 9.59 Å². The zero-order chi connectivity index (χ0) is 14.4. The molecule has 4 heteroatoms. The summed E-state index contributed by atoms with van der Waals surface area (Å²) < 4.78 is 0. The van der Waals surface area contributed by atoms with Crippen molar-refractivity contribution < 1.29 is 9.59 Å². The van der Waals surface area contributed by atoms with Crippen molar-refractivity contribution >= 4 is 11.7 Å². The Morgan fingerprint density at radius 3 is 2.00 bits per heavy atom. The second-order valence-electron chi connectivity index (χ2n) is 4.32. The summed E-state index contributed by atoms with van der Waals surface area (Å²) in [5.74, 6) is -0.242. The first-order valence-electron chi connectivity index (χ1n) is 6.40. The summed E-state index contributed by atoms with van der Waals surface area (Å²) >= 11 is 0. The molecule has 1 amide bonds. The second-order valence-corrected chi connectivity index (χ2v) is 4.32. The fraction of sp³-hybridized carbons (Fsp3) is 0.125. The predicted octanol–water partition coefficient (Wildman–Crippen LogP) is 1.61. The molecule has 2 aromatic rings. The minimum Gasteiger partial charge on any atom is -0.351 e. The number of benzene rings is 2. The van der Waals surface area contributed by atoms with Crippen LogP contribution in [0.1, 0.15) is 26.3 Å². The summed E-state index contributed by atoms with van der Waals surface area (Å²) in [4.78, 5) is 23.9. The molecule has 3 N–H and O–H groups in total. The highest BCUT2D eigenvalue weighted by Crippen LogP contribution is 2.11. The molecule has 0 spiro atoms. The van der Waals surface area contributed by atoms with E-state index in [0.29, 0.717) is 29.8 Å². The van der Waals surface area contributed by atoms with Gasteiger partial charge in [-0.05, 0) is 12.1 Å². The number of hydrogen-bond acceptors (Lipinski definition) is 3. The van der Waals surface area contributed by atoms with Gasteiger partial charge in [-0.3, -0.25) is 9.59 Å². The quantitative estimate of drug-likeness (QED) is 0.809. The molecule has 0 heterocycles. The molecule has 0 aliphatic heterocycles. The number of ketones is 1. The topological polar surface area (TPSA) is 72.2 Å². The van der Waals surface area contributed by atoms with Crippen molar-refractivity contribution in [2.45, 2.75) is 0 Å². The minimum absolute atomic E-state index is 0.0560. The summed E-state index contributed by atoms with van der Waals surface area (Å²) in [6.07, 6.45) is 0. The fourth-order valence-corrected chi connectivity index (χ4v) is 1.82. The van der Waals surface area contributed by atoms with E-state index in [1.165, 1.54) is 0 Å². The highest BCUT2D eigenvalue weighted by atomic mass is 16.1. The van der Waals surface area contributed by atoms with E-state index in [0.717, 1.165) is 0 Å². The molecule has 4 nitrogen and oxygen atoms in total. The predicted molar refractivity (Wildman–Crippen MR) is 77.7 cm³/mol. The normalized spacial score (nSPS) is 10.1. The number of rotatable bonds is 5. The Labute approximate surface area is 117 Å². The van der Waals surface area contributed by atoms with E-state index in [2.05, 4.69) is 5.32 Å². The molecule has 20 heavy (non-hydrogen) atoms. The lowest BCUT2D eigenvalue weighted by molar-refractivity contribution is 0.0953. The second kappa shape index (κ2) is 6.63. The van der Waals surface area contributed by atoms with Gasteiger partial charge in [0.1, 0.15) is 0 Å². The van der Waals surface area contributed by atoms with E-state index in [4.69, 9.17) is 5.73 Å². The van der Waals surface area contributed by atoms with Gasteiger partial charge in [0.15, 0.2) is 5.78 Å². The molecule has 2 aromatic carbocycles.